The predicted octanol–water partition coefficient (Wildman–Crippen LogP) is 3.35. The molecule has 0 atom stereocenters. The lowest BCUT2D eigenvalue weighted by Gasteiger charge is -2.11. The molecule has 2 N–H and O–H groups in total. The zero-order valence-corrected chi connectivity index (χ0v) is 14.5. The summed E-state index contributed by atoms with van der Waals surface area (Å²) in [6, 6.07) is 15.8. The molecule has 0 radical (unpaired) electrons. The fraction of sp³-hybridized carbons (Fsp3) is 0.238. The molecule has 132 valence electrons. The van der Waals surface area contributed by atoms with E-state index >= 15 is 0 Å². The van der Waals surface area contributed by atoms with Crippen molar-refractivity contribution < 1.29 is 9.59 Å². The quantitative estimate of drug-likeness (QED) is 0.760. The van der Waals surface area contributed by atoms with E-state index in [4.69, 9.17) is 0 Å². The van der Waals surface area contributed by atoms with Gasteiger partial charge in [-0.2, -0.15) is 0 Å². The van der Waals surface area contributed by atoms with Gasteiger partial charge in [0.25, 0.3) is 5.91 Å². The Balaban J connectivity index is 1.41. The molecule has 0 saturated carbocycles. The summed E-state index contributed by atoms with van der Waals surface area (Å²) in [5.74, 6) is -0.0419. The Labute approximate surface area is 152 Å². The number of rotatable bonds is 4. The van der Waals surface area contributed by atoms with E-state index in [1.165, 1.54) is 10.9 Å². The lowest BCUT2D eigenvalue weighted by Crippen LogP contribution is -2.27. The minimum atomic E-state index is -0.0835. The molecule has 4 rings (SSSR count). The van der Waals surface area contributed by atoms with Crippen molar-refractivity contribution >= 4 is 28.4 Å². The summed E-state index contributed by atoms with van der Waals surface area (Å²) in [7, 11) is 0. The zero-order chi connectivity index (χ0) is 17.9. The molecule has 1 aromatic heterocycles. The van der Waals surface area contributed by atoms with E-state index in [1.54, 1.807) is 6.07 Å². The third kappa shape index (κ3) is 3.33. The second-order valence-corrected chi connectivity index (χ2v) is 6.60. The molecule has 0 bridgehead atoms. The van der Waals surface area contributed by atoms with Gasteiger partial charge in [0.05, 0.1) is 0 Å². The van der Waals surface area contributed by atoms with Crippen LogP contribution < -0.4 is 10.6 Å². The highest BCUT2D eigenvalue weighted by Crippen LogP contribution is 2.23. The number of hydrogen-bond donors (Lipinski definition) is 2. The first-order valence-electron chi connectivity index (χ1n) is 8.95. The van der Waals surface area contributed by atoms with Crippen molar-refractivity contribution in [1.82, 2.24) is 9.88 Å². The standard InChI is InChI=1S/C21H21N3O2/c25-20-7-3-5-16-14-17(8-9-18(16)23-20)21(26)22-11-13-24-12-10-15-4-1-2-6-19(15)24/h1-2,4,6,8-10,12,14H,3,5,7,11,13H2,(H,22,26)(H,23,25). The molecule has 0 aliphatic carbocycles. The molecule has 0 unspecified atom stereocenters. The van der Waals surface area contributed by atoms with Gasteiger partial charge in [0.15, 0.2) is 0 Å². The van der Waals surface area contributed by atoms with Gasteiger partial charge >= 0.3 is 0 Å². The number of aryl methyl sites for hydroxylation is 1. The summed E-state index contributed by atoms with van der Waals surface area (Å²) >= 11 is 0. The van der Waals surface area contributed by atoms with Crippen LogP contribution in [0.25, 0.3) is 10.9 Å². The van der Waals surface area contributed by atoms with Gasteiger partial charge in [-0.05, 0) is 54.1 Å². The van der Waals surface area contributed by atoms with Crippen molar-refractivity contribution in [2.45, 2.75) is 25.8 Å². The van der Waals surface area contributed by atoms with E-state index in [0.717, 1.165) is 30.6 Å². The number of aromatic nitrogens is 1. The zero-order valence-electron chi connectivity index (χ0n) is 14.5. The summed E-state index contributed by atoms with van der Waals surface area (Å²) < 4.78 is 2.14. The van der Waals surface area contributed by atoms with Gasteiger partial charge in [-0.15, -0.1) is 0 Å². The molecule has 0 saturated heterocycles. The van der Waals surface area contributed by atoms with Gasteiger partial charge in [0, 0.05) is 42.5 Å². The van der Waals surface area contributed by atoms with Crippen molar-refractivity contribution in [2.24, 2.45) is 0 Å². The maximum atomic E-state index is 12.5. The molecular formula is C21H21N3O2. The lowest BCUT2D eigenvalue weighted by atomic mass is 10.0. The van der Waals surface area contributed by atoms with Gasteiger partial charge in [-0.3, -0.25) is 9.59 Å². The van der Waals surface area contributed by atoms with Gasteiger partial charge in [0.1, 0.15) is 0 Å². The number of fused-ring (bicyclic) bond motifs is 2. The van der Waals surface area contributed by atoms with Crippen molar-refractivity contribution in [3.8, 4) is 0 Å². The number of nitrogens with one attached hydrogen (secondary N) is 2. The first-order chi connectivity index (χ1) is 12.7. The average Bonchev–Trinajstić information content (AvgIpc) is 2.96. The van der Waals surface area contributed by atoms with Crippen molar-refractivity contribution in [2.75, 3.05) is 11.9 Å². The highest BCUT2D eigenvalue weighted by atomic mass is 16.2. The first kappa shape index (κ1) is 16.4. The molecule has 5 nitrogen and oxygen atoms in total. The third-order valence-corrected chi connectivity index (χ3v) is 4.81. The van der Waals surface area contributed by atoms with E-state index in [2.05, 4.69) is 33.4 Å². The summed E-state index contributed by atoms with van der Waals surface area (Å²) in [5, 5.41) is 7.08. The van der Waals surface area contributed by atoms with Gasteiger partial charge < -0.3 is 15.2 Å². The maximum Gasteiger partial charge on any atom is 0.251 e. The molecule has 0 spiro atoms. The third-order valence-electron chi connectivity index (χ3n) is 4.81. The molecule has 2 heterocycles. The molecule has 5 heteroatoms. The Bertz CT molecular complexity index is 974. The maximum absolute atomic E-state index is 12.5. The first-order valence-corrected chi connectivity index (χ1v) is 8.95. The minimum absolute atomic E-state index is 0.0416. The number of hydrogen-bond acceptors (Lipinski definition) is 2. The molecule has 0 fully saturated rings. The van der Waals surface area contributed by atoms with Crippen LogP contribution >= 0.6 is 0 Å². The van der Waals surface area contributed by atoms with Crippen LogP contribution in [0.5, 0.6) is 0 Å². The van der Waals surface area contributed by atoms with E-state index in [9.17, 15) is 9.59 Å². The van der Waals surface area contributed by atoms with Crippen LogP contribution in [0, 0.1) is 0 Å². The molecule has 2 aromatic carbocycles. The van der Waals surface area contributed by atoms with Crippen LogP contribution in [-0.4, -0.2) is 22.9 Å². The van der Waals surface area contributed by atoms with Crippen LogP contribution in [0.15, 0.2) is 54.7 Å². The SMILES string of the molecule is O=C1CCCc2cc(C(=O)NCCn3ccc4ccccc43)ccc2N1. The van der Waals surface area contributed by atoms with Crippen molar-refractivity contribution in [3.63, 3.8) is 0 Å². The van der Waals surface area contributed by atoms with Gasteiger partial charge in [-0.25, -0.2) is 0 Å². The summed E-state index contributed by atoms with van der Waals surface area (Å²) in [4.78, 5) is 24.1. The Morgan fingerprint density at radius 1 is 1.12 bits per heavy atom. The van der Waals surface area contributed by atoms with Gasteiger partial charge in [0.2, 0.25) is 5.91 Å². The molecule has 3 aromatic rings. The fourth-order valence-electron chi connectivity index (χ4n) is 3.44. The average molecular weight is 347 g/mol. The number of carbonyl (C=O) groups is 2. The molecule has 26 heavy (non-hydrogen) atoms. The topological polar surface area (TPSA) is 63.1 Å². The minimum Gasteiger partial charge on any atom is -0.350 e. The van der Waals surface area contributed by atoms with E-state index in [1.807, 2.05) is 30.5 Å². The molecule has 1 aliphatic rings. The predicted molar refractivity (Wildman–Crippen MR) is 102 cm³/mol. The summed E-state index contributed by atoms with van der Waals surface area (Å²) in [6.07, 6.45) is 4.19. The number of carbonyl (C=O) groups excluding carboxylic acids is 2. The highest BCUT2D eigenvalue weighted by molar-refractivity contribution is 5.97. The lowest BCUT2D eigenvalue weighted by molar-refractivity contribution is -0.116. The summed E-state index contributed by atoms with van der Waals surface area (Å²) in [5.41, 5.74) is 3.66. The Kier molecular flexibility index (Phi) is 4.44. The van der Waals surface area contributed by atoms with Crippen LogP contribution in [0.3, 0.4) is 0 Å². The van der Waals surface area contributed by atoms with Crippen LogP contribution in [-0.2, 0) is 17.8 Å². The van der Waals surface area contributed by atoms with Gasteiger partial charge in [-0.1, -0.05) is 18.2 Å². The second kappa shape index (κ2) is 7.04. The number of benzene rings is 2. The smallest absolute Gasteiger partial charge is 0.251 e. The number of para-hydroxylation sites is 1. The fourth-order valence-corrected chi connectivity index (χ4v) is 3.44. The Morgan fingerprint density at radius 3 is 2.92 bits per heavy atom. The monoisotopic (exact) mass is 347 g/mol. The van der Waals surface area contributed by atoms with Crippen LogP contribution in [0.2, 0.25) is 0 Å². The highest BCUT2D eigenvalue weighted by Gasteiger charge is 2.15. The number of anilines is 1. The van der Waals surface area contributed by atoms with Crippen LogP contribution in [0.4, 0.5) is 5.69 Å². The Hall–Kier alpha value is -3.08. The van der Waals surface area contributed by atoms with Crippen LogP contribution in [0.1, 0.15) is 28.8 Å². The summed E-state index contributed by atoms with van der Waals surface area (Å²) in [6.45, 7) is 1.28. The van der Waals surface area contributed by atoms with Crippen molar-refractivity contribution in [1.29, 1.82) is 0 Å². The largest absolute Gasteiger partial charge is 0.350 e. The number of nitrogens with zero attached hydrogens (tertiary/aromatic N) is 1. The van der Waals surface area contributed by atoms with E-state index in [-0.39, 0.29) is 11.8 Å². The molecule has 1 aliphatic heterocycles. The molecule has 2 amide bonds. The Morgan fingerprint density at radius 2 is 2.00 bits per heavy atom. The van der Waals surface area contributed by atoms with E-state index in [0.29, 0.717) is 18.5 Å². The van der Waals surface area contributed by atoms with E-state index < -0.39 is 0 Å². The second-order valence-electron chi connectivity index (χ2n) is 6.60. The van der Waals surface area contributed by atoms with Crippen molar-refractivity contribution in [3.05, 3.63) is 65.9 Å². The number of amides is 2. The normalized spacial score (nSPS) is 13.8. The molecular weight excluding hydrogens is 326 g/mol.